The smallest absolute Gasteiger partial charge is 0.0123 e. The quantitative estimate of drug-likeness (QED) is 0.641. The number of nitrogens with one attached hydrogen (secondary N) is 1. The summed E-state index contributed by atoms with van der Waals surface area (Å²) in [5.74, 6) is 2.07. The van der Waals surface area contributed by atoms with Crippen molar-refractivity contribution in [2.75, 3.05) is 6.54 Å². The minimum Gasteiger partial charge on any atom is -0.314 e. The Morgan fingerprint density at radius 2 is 1.73 bits per heavy atom. The Morgan fingerprint density at radius 1 is 1.09 bits per heavy atom. The van der Waals surface area contributed by atoms with Crippen molar-refractivity contribution in [2.24, 2.45) is 11.8 Å². The van der Waals surface area contributed by atoms with Gasteiger partial charge >= 0.3 is 0 Å². The van der Waals surface area contributed by atoms with Gasteiger partial charge in [0.25, 0.3) is 0 Å². The first kappa shape index (κ1) is 7.60. The van der Waals surface area contributed by atoms with Gasteiger partial charge in [0, 0.05) is 6.04 Å². The average molecular weight is 153 g/mol. The summed E-state index contributed by atoms with van der Waals surface area (Å²) in [6, 6.07) is 0.897. The SMILES string of the molecule is CCNC1C2CCCC1CC2. The summed E-state index contributed by atoms with van der Waals surface area (Å²) in [6.07, 6.45) is 7.49. The molecule has 2 unspecified atom stereocenters. The molecule has 11 heavy (non-hydrogen) atoms. The highest BCUT2D eigenvalue weighted by atomic mass is 14.9. The molecule has 0 spiro atoms. The topological polar surface area (TPSA) is 12.0 Å². The molecule has 0 radical (unpaired) electrons. The Balaban J connectivity index is 1.97. The van der Waals surface area contributed by atoms with E-state index in [1.807, 2.05) is 0 Å². The Kier molecular flexibility index (Phi) is 2.17. The molecule has 2 bridgehead atoms. The summed E-state index contributed by atoms with van der Waals surface area (Å²) >= 11 is 0. The van der Waals surface area contributed by atoms with Crippen LogP contribution >= 0.6 is 0 Å². The van der Waals surface area contributed by atoms with Crippen molar-refractivity contribution in [3.63, 3.8) is 0 Å². The fourth-order valence-corrected chi connectivity index (χ4v) is 3.03. The van der Waals surface area contributed by atoms with Crippen LogP contribution in [0.2, 0.25) is 0 Å². The summed E-state index contributed by atoms with van der Waals surface area (Å²) < 4.78 is 0. The number of rotatable bonds is 2. The fraction of sp³-hybridized carbons (Fsp3) is 1.00. The first-order valence-electron chi connectivity index (χ1n) is 5.15. The van der Waals surface area contributed by atoms with Gasteiger partial charge in [-0.3, -0.25) is 0 Å². The van der Waals surface area contributed by atoms with Crippen molar-refractivity contribution in [1.82, 2.24) is 5.32 Å². The van der Waals surface area contributed by atoms with E-state index in [9.17, 15) is 0 Å². The van der Waals surface area contributed by atoms with E-state index in [2.05, 4.69) is 12.2 Å². The second-order valence-electron chi connectivity index (χ2n) is 4.11. The standard InChI is InChI=1S/C10H19N/c1-2-11-10-8-4-3-5-9(10)7-6-8/h8-11H,2-7H2,1H3. The zero-order valence-corrected chi connectivity index (χ0v) is 7.47. The highest BCUT2D eigenvalue weighted by Gasteiger charge is 2.37. The minimum atomic E-state index is 0.897. The molecule has 0 aromatic heterocycles. The molecule has 0 aliphatic heterocycles. The number of hydrogen-bond acceptors (Lipinski definition) is 1. The lowest BCUT2D eigenvalue weighted by Gasteiger charge is -2.30. The Morgan fingerprint density at radius 3 is 2.27 bits per heavy atom. The molecule has 0 aromatic rings. The Hall–Kier alpha value is -0.0400. The molecule has 1 N–H and O–H groups in total. The van der Waals surface area contributed by atoms with Crippen molar-refractivity contribution in [2.45, 2.75) is 45.1 Å². The third kappa shape index (κ3) is 1.31. The van der Waals surface area contributed by atoms with E-state index in [-0.39, 0.29) is 0 Å². The zero-order valence-electron chi connectivity index (χ0n) is 7.47. The molecule has 64 valence electrons. The third-order valence-electron chi connectivity index (χ3n) is 3.51. The van der Waals surface area contributed by atoms with Crippen LogP contribution in [0.5, 0.6) is 0 Å². The maximum absolute atomic E-state index is 3.65. The van der Waals surface area contributed by atoms with Crippen molar-refractivity contribution in [3.05, 3.63) is 0 Å². The highest BCUT2D eigenvalue weighted by Crippen LogP contribution is 2.41. The van der Waals surface area contributed by atoms with Gasteiger partial charge in [-0.1, -0.05) is 13.3 Å². The van der Waals surface area contributed by atoms with Crippen molar-refractivity contribution >= 4 is 0 Å². The zero-order chi connectivity index (χ0) is 7.68. The lowest BCUT2D eigenvalue weighted by Crippen LogP contribution is -2.39. The Labute approximate surface area is 69.6 Å². The van der Waals surface area contributed by atoms with Crippen molar-refractivity contribution < 1.29 is 0 Å². The molecule has 1 nitrogen and oxygen atoms in total. The molecule has 0 amide bonds. The Bertz CT molecular complexity index is 117. The summed E-state index contributed by atoms with van der Waals surface area (Å²) in [5.41, 5.74) is 0. The van der Waals surface area contributed by atoms with Crippen LogP contribution in [0.25, 0.3) is 0 Å². The van der Waals surface area contributed by atoms with Gasteiger partial charge < -0.3 is 5.32 Å². The molecule has 2 fully saturated rings. The molecular weight excluding hydrogens is 134 g/mol. The van der Waals surface area contributed by atoms with E-state index < -0.39 is 0 Å². The average Bonchev–Trinajstić information content (AvgIpc) is 2.30. The van der Waals surface area contributed by atoms with Gasteiger partial charge in [-0.2, -0.15) is 0 Å². The van der Waals surface area contributed by atoms with Crippen LogP contribution in [-0.2, 0) is 0 Å². The van der Waals surface area contributed by atoms with Crippen LogP contribution in [0.3, 0.4) is 0 Å². The molecule has 0 heterocycles. The van der Waals surface area contributed by atoms with E-state index in [0.717, 1.165) is 24.4 Å². The molecule has 2 atom stereocenters. The molecule has 0 aromatic carbocycles. The van der Waals surface area contributed by atoms with Gasteiger partial charge in [-0.05, 0) is 44.1 Å². The monoisotopic (exact) mass is 153 g/mol. The summed E-state index contributed by atoms with van der Waals surface area (Å²) in [7, 11) is 0. The van der Waals surface area contributed by atoms with Crippen LogP contribution < -0.4 is 5.32 Å². The maximum atomic E-state index is 3.65. The molecule has 0 saturated heterocycles. The van der Waals surface area contributed by atoms with Gasteiger partial charge in [0.05, 0.1) is 0 Å². The van der Waals surface area contributed by atoms with Crippen LogP contribution in [0.1, 0.15) is 39.0 Å². The first-order valence-corrected chi connectivity index (χ1v) is 5.15. The van der Waals surface area contributed by atoms with E-state index in [1.165, 1.54) is 32.1 Å². The summed E-state index contributed by atoms with van der Waals surface area (Å²) in [5, 5.41) is 3.65. The normalized spacial score (nSPS) is 42.8. The molecule has 2 aliphatic rings. The number of fused-ring (bicyclic) bond motifs is 2. The predicted molar refractivity (Wildman–Crippen MR) is 47.5 cm³/mol. The van der Waals surface area contributed by atoms with Gasteiger partial charge in [-0.15, -0.1) is 0 Å². The molecule has 2 aliphatic carbocycles. The third-order valence-corrected chi connectivity index (χ3v) is 3.51. The van der Waals surface area contributed by atoms with Crippen molar-refractivity contribution in [1.29, 1.82) is 0 Å². The van der Waals surface area contributed by atoms with Gasteiger partial charge in [-0.25, -0.2) is 0 Å². The van der Waals surface area contributed by atoms with Crippen molar-refractivity contribution in [3.8, 4) is 0 Å². The van der Waals surface area contributed by atoms with Gasteiger partial charge in [0.1, 0.15) is 0 Å². The highest BCUT2D eigenvalue weighted by molar-refractivity contribution is 4.93. The van der Waals surface area contributed by atoms with E-state index in [0.29, 0.717) is 0 Å². The fourth-order valence-electron chi connectivity index (χ4n) is 3.03. The lowest BCUT2D eigenvalue weighted by atomic mass is 9.84. The van der Waals surface area contributed by atoms with E-state index in [4.69, 9.17) is 0 Å². The predicted octanol–water partition coefficient (Wildman–Crippen LogP) is 2.17. The molecule has 2 saturated carbocycles. The second-order valence-corrected chi connectivity index (χ2v) is 4.11. The van der Waals surface area contributed by atoms with E-state index in [1.54, 1.807) is 0 Å². The molecule has 1 heteroatoms. The van der Waals surface area contributed by atoms with Gasteiger partial charge in [0.15, 0.2) is 0 Å². The van der Waals surface area contributed by atoms with Crippen LogP contribution in [0.4, 0.5) is 0 Å². The largest absolute Gasteiger partial charge is 0.314 e. The summed E-state index contributed by atoms with van der Waals surface area (Å²) in [6.45, 7) is 3.39. The molecular formula is C10H19N. The first-order chi connectivity index (χ1) is 5.42. The minimum absolute atomic E-state index is 0.897. The maximum Gasteiger partial charge on any atom is 0.0123 e. The van der Waals surface area contributed by atoms with Gasteiger partial charge in [0.2, 0.25) is 0 Å². The number of hydrogen-bond donors (Lipinski definition) is 1. The van der Waals surface area contributed by atoms with Crippen LogP contribution in [-0.4, -0.2) is 12.6 Å². The lowest BCUT2D eigenvalue weighted by molar-refractivity contribution is 0.259. The van der Waals surface area contributed by atoms with E-state index >= 15 is 0 Å². The van der Waals surface area contributed by atoms with Crippen LogP contribution in [0.15, 0.2) is 0 Å². The van der Waals surface area contributed by atoms with Crippen LogP contribution in [0, 0.1) is 11.8 Å². The molecule has 2 rings (SSSR count). The summed E-state index contributed by atoms with van der Waals surface area (Å²) in [4.78, 5) is 0. The second kappa shape index (κ2) is 3.14.